The van der Waals surface area contributed by atoms with Crippen molar-refractivity contribution in [3.63, 3.8) is 0 Å². The maximum Gasteiger partial charge on any atom is 0.125 e. The van der Waals surface area contributed by atoms with Gasteiger partial charge in [-0.1, -0.05) is 12.1 Å². The number of hydrogen-bond acceptors (Lipinski definition) is 5. The van der Waals surface area contributed by atoms with Gasteiger partial charge in [-0.25, -0.2) is 5.84 Å². The Morgan fingerprint density at radius 2 is 1.57 bits per heavy atom. The fourth-order valence-corrected chi connectivity index (χ4v) is 3.92. The molecule has 1 fully saturated rings. The van der Waals surface area contributed by atoms with Gasteiger partial charge < -0.3 is 15.6 Å². The topological polar surface area (TPSA) is 74.1 Å². The van der Waals surface area contributed by atoms with Crippen LogP contribution in [0.25, 0.3) is 0 Å². The summed E-state index contributed by atoms with van der Waals surface area (Å²) in [4.78, 5) is 9.31. The Balaban J connectivity index is 1.40. The number of benzene rings is 2. The fourth-order valence-electron chi connectivity index (χ4n) is 3.92. The van der Waals surface area contributed by atoms with Gasteiger partial charge in [-0.05, 0) is 80.2 Å². The van der Waals surface area contributed by atoms with Crippen LogP contribution in [0, 0.1) is 5.92 Å². The first-order valence-electron chi connectivity index (χ1n) is 10.8. The van der Waals surface area contributed by atoms with Crippen LogP contribution in [0.1, 0.15) is 30.4 Å². The first-order chi connectivity index (χ1) is 14.4. The molecule has 0 aliphatic carbocycles. The molecule has 1 saturated heterocycles. The average Bonchev–Trinajstić information content (AvgIpc) is 2.75. The number of anilines is 2. The summed E-state index contributed by atoms with van der Waals surface area (Å²) in [5.41, 5.74) is 10.7. The van der Waals surface area contributed by atoms with Crippen LogP contribution >= 0.6 is 0 Å². The van der Waals surface area contributed by atoms with Crippen molar-refractivity contribution in [1.29, 1.82) is 0 Å². The lowest BCUT2D eigenvalue weighted by molar-refractivity contribution is 0.173. The quantitative estimate of drug-likeness (QED) is 0.304. The molecule has 4 N–H and O–H groups in total. The third-order valence-electron chi connectivity index (χ3n) is 5.96. The van der Waals surface area contributed by atoms with Crippen molar-refractivity contribution in [2.24, 2.45) is 22.5 Å². The molecule has 0 amide bonds. The Morgan fingerprint density at radius 3 is 2.13 bits per heavy atom. The molecule has 6 nitrogen and oxygen atoms in total. The molecule has 1 aliphatic rings. The van der Waals surface area contributed by atoms with Crippen molar-refractivity contribution >= 4 is 17.2 Å². The molecule has 0 atom stereocenters. The van der Waals surface area contributed by atoms with Gasteiger partial charge in [0.05, 0.1) is 5.69 Å². The van der Waals surface area contributed by atoms with Crippen LogP contribution in [0.15, 0.2) is 53.5 Å². The highest BCUT2D eigenvalue weighted by Crippen LogP contribution is 2.22. The molecule has 0 aromatic heterocycles. The Kier molecular flexibility index (Phi) is 7.71. The molecule has 6 heteroatoms. The van der Waals surface area contributed by atoms with Gasteiger partial charge in [-0.15, -0.1) is 0 Å². The standard InChI is InChI=1S/C24H36N6/c1-28(2)22-8-4-20(5-9-22)18-30-16-13-19(14-17-30)12-15-27-24(25)21-6-10-23(11-7-21)29(3)26/h4-11,19H,12-18,26H2,1-3H3,(H2,25,27). The highest BCUT2D eigenvalue weighted by molar-refractivity contribution is 5.97. The van der Waals surface area contributed by atoms with E-state index in [1.807, 2.05) is 31.3 Å². The van der Waals surface area contributed by atoms with Gasteiger partial charge >= 0.3 is 0 Å². The molecule has 0 spiro atoms. The summed E-state index contributed by atoms with van der Waals surface area (Å²) < 4.78 is 0. The summed E-state index contributed by atoms with van der Waals surface area (Å²) in [7, 11) is 5.97. The maximum atomic E-state index is 6.17. The van der Waals surface area contributed by atoms with Crippen molar-refractivity contribution < 1.29 is 0 Å². The van der Waals surface area contributed by atoms with Gasteiger partial charge in [0.2, 0.25) is 0 Å². The Bertz CT molecular complexity index is 803. The monoisotopic (exact) mass is 408 g/mol. The van der Waals surface area contributed by atoms with Crippen LogP contribution < -0.4 is 21.5 Å². The van der Waals surface area contributed by atoms with Gasteiger partial charge in [-0.2, -0.15) is 0 Å². The average molecular weight is 409 g/mol. The minimum absolute atomic E-state index is 0.611. The summed E-state index contributed by atoms with van der Waals surface area (Å²) in [6.45, 7) is 4.15. The number of aliphatic imine (C=N–C) groups is 1. The number of nitrogens with zero attached hydrogens (tertiary/aromatic N) is 4. The number of hydrazine groups is 1. The summed E-state index contributed by atoms with van der Waals surface area (Å²) in [5, 5.41) is 1.59. The van der Waals surface area contributed by atoms with E-state index < -0.39 is 0 Å². The first kappa shape index (κ1) is 22.1. The van der Waals surface area contributed by atoms with Crippen LogP contribution in [0.2, 0.25) is 0 Å². The zero-order valence-electron chi connectivity index (χ0n) is 18.6. The molecule has 1 aliphatic heterocycles. The van der Waals surface area contributed by atoms with Crippen molar-refractivity contribution in [2.75, 3.05) is 50.7 Å². The van der Waals surface area contributed by atoms with Crippen molar-refractivity contribution in [2.45, 2.75) is 25.8 Å². The SMILES string of the molecule is CN(C)c1ccc(CN2CCC(CCN=C(N)c3ccc(N(C)N)cc3)CC2)cc1. The van der Waals surface area contributed by atoms with E-state index in [1.54, 1.807) is 5.01 Å². The van der Waals surface area contributed by atoms with Crippen molar-refractivity contribution in [1.82, 2.24) is 4.90 Å². The minimum Gasteiger partial charge on any atom is -0.384 e. The summed E-state index contributed by atoms with van der Waals surface area (Å²) in [5.74, 6) is 7.09. The second-order valence-corrected chi connectivity index (χ2v) is 8.49. The lowest BCUT2D eigenvalue weighted by atomic mass is 9.93. The Hall–Kier alpha value is -2.57. The van der Waals surface area contributed by atoms with Crippen molar-refractivity contribution in [3.05, 3.63) is 59.7 Å². The number of rotatable bonds is 8. The third kappa shape index (κ3) is 6.21. The smallest absolute Gasteiger partial charge is 0.125 e. The van der Waals surface area contributed by atoms with Gasteiger partial charge in [0.15, 0.2) is 0 Å². The highest BCUT2D eigenvalue weighted by Gasteiger charge is 2.19. The molecule has 1 heterocycles. The molecule has 0 unspecified atom stereocenters. The highest BCUT2D eigenvalue weighted by atomic mass is 15.4. The normalized spacial score (nSPS) is 15.9. The fraction of sp³-hybridized carbons (Fsp3) is 0.458. The van der Waals surface area contributed by atoms with E-state index in [9.17, 15) is 0 Å². The molecular weight excluding hydrogens is 372 g/mol. The van der Waals surface area contributed by atoms with E-state index in [1.165, 1.54) is 24.1 Å². The van der Waals surface area contributed by atoms with E-state index in [0.29, 0.717) is 5.84 Å². The molecule has 0 saturated carbocycles. The molecule has 2 aromatic carbocycles. The predicted molar refractivity (Wildman–Crippen MR) is 128 cm³/mol. The van der Waals surface area contributed by atoms with Crippen LogP contribution in [0.3, 0.4) is 0 Å². The summed E-state index contributed by atoms with van der Waals surface area (Å²) in [6.07, 6.45) is 3.58. The molecule has 2 aromatic rings. The number of amidine groups is 1. The zero-order valence-corrected chi connectivity index (χ0v) is 18.6. The Labute approximate surface area is 181 Å². The number of nitrogens with two attached hydrogens (primary N) is 2. The van der Waals surface area contributed by atoms with Crippen LogP contribution in [0.5, 0.6) is 0 Å². The van der Waals surface area contributed by atoms with Crippen LogP contribution in [-0.2, 0) is 6.54 Å². The Morgan fingerprint density at radius 1 is 0.967 bits per heavy atom. The van der Waals surface area contributed by atoms with Gasteiger partial charge in [-0.3, -0.25) is 9.89 Å². The predicted octanol–water partition coefficient (Wildman–Crippen LogP) is 3.07. The zero-order chi connectivity index (χ0) is 21.5. The van der Waals surface area contributed by atoms with E-state index in [-0.39, 0.29) is 0 Å². The molecule has 0 bridgehead atoms. The molecular formula is C24H36N6. The first-order valence-corrected chi connectivity index (χ1v) is 10.8. The van der Waals surface area contributed by atoms with Crippen molar-refractivity contribution in [3.8, 4) is 0 Å². The second-order valence-electron chi connectivity index (χ2n) is 8.49. The third-order valence-corrected chi connectivity index (χ3v) is 5.96. The van der Waals surface area contributed by atoms with Gasteiger partial charge in [0.25, 0.3) is 0 Å². The largest absolute Gasteiger partial charge is 0.384 e. The minimum atomic E-state index is 0.611. The summed E-state index contributed by atoms with van der Waals surface area (Å²) in [6, 6.07) is 16.8. The van der Waals surface area contributed by atoms with E-state index >= 15 is 0 Å². The van der Waals surface area contributed by atoms with Gasteiger partial charge in [0, 0.05) is 45.5 Å². The van der Waals surface area contributed by atoms with Crippen LogP contribution in [-0.4, -0.2) is 51.5 Å². The maximum absolute atomic E-state index is 6.17. The lowest BCUT2D eigenvalue weighted by Gasteiger charge is -2.31. The molecule has 162 valence electrons. The second kappa shape index (κ2) is 10.5. The van der Waals surface area contributed by atoms with E-state index in [4.69, 9.17) is 11.6 Å². The molecule has 30 heavy (non-hydrogen) atoms. The molecule has 0 radical (unpaired) electrons. The lowest BCUT2D eigenvalue weighted by Crippen LogP contribution is -2.33. The number of hydrogen-bond donors (Lipinski definition) is 2. The van der Waals surface area contributed by atoms with Crippen LogP contribution in [0.4, 0.5) is 11.4 Å². The number of likely N-dealkylation sites (tertiary alicyclic amines) is 1. The summed E-state index contributed by atoms with van der Waals surface area (Å²) >= 11 is 0. The van der Waals surface area contributed by atoms with Gasteiger partial charge in [0.1, 0.15) is 5.84 Å². The van der Waals surface area contributed by atoms with E-state index in [0.717, 1.165) is 49.8 Å². The number of piperidine rings is 1. The van der Waals surface area contributed by atoms with E-state index in [2.05, 4.69) is 53.2 Å². The molecule has 3 rings (SSSR count).